The van der Waals surface area contributed by atoms with Crippen LogP contribution < -0.4 is 5.32 Å². The third-order valence-corrected chi connectivity index (χ3v) is 7.50. The SMILES string of the molecule is CCNCC1CCCCN1S(=O)(=O)N1CCSCC1C. The molecule has 5 nitrogen and oxygen atoms in total. The van der Waals surface area contributed by atoms with Gasteiger partial charge in [-0.3, -0.25) is 0 Å². The summed E-state index contributed by atoms with van der Waals surface area (Å²) in [6.45, 7) is 7.07. The quantitative estimate of drug-likeness (QED) is 0.825. The van der Waals surface area contributed by atoms with Crippen molar-refractivity contribution in [2.75, 3.05) is 37.7 Å². The normalized spacial score (nSPS) is 30.5. The van der Waals surface area contributed by atoms with E-state index >= 15 is 0 Å². The fourth-order valence-corrected chi connectivity index (χ4v) is 6.24. The average molecular weight is 322 g/mol. The van der Waals surface area contributed by atoms with Crippen LogP contribution in [-0.2, 0) is 10.2 Å². The molecule has 0 aromatic heterocycles. The zero-order valence-electron chi connectivity index (χ0n) is 12.5. The molecule has 2 atom stereocenters. The number of likely N-dealkylation sites (N-methyl/N-ethyl adjacent to an activating group) is 1. The van der Waals surface area contributed by atoms with E-state index in [-0.39, 0.29) is 12.1 Å². The van der Waals surface area contributed by atoms with Crippen LogP contribution in [0.2, 0.25) is 0 Å². The van der Waals surface area contributed by atoms with Crippen molar-refractivity contribution in [2.24, 2.45) is 0 Å². The minimum Gasteiger partial charge on any atom is -0.315 e. The summed E-state index contributed by atoms with van der Waals surface area (Å²) in [5, 5.41) is 3.31. The molecule has 0 bridgehead atoms. The van der Waals surface area contributed by atoms with Gasteiger partial charge in [-0.15, -0.1) is 0 Å². The fraction of sp³-hybridized carbons (Fsp3) is 1.00. The summed E-state index contributed by atoms with van der Waals surface area (Å²) in [6.07, 6.45) is 3.09. The largest absolute Gasteiger partial charge is 0.315 e. The van der Waals surface area contributed by atoms with Crippen LogP contribution in [0.15, 0.2) is 0 Å². The summed E-state index contributed by atoms with van der Waals surface area (Å²) in [7, 11) is -3.30. The summed E-state index contributed by atoms with van der Waals surface area (Å²) in [6, 6.07) is 0.232. The number of nitrogens with one attached hydrogen (secondary N) is 1. The van der Waals surface area contributed by atoms with Gasteiger partial charge < -0.3 is 5.32 Å². The van der Waals surface area contributed by atoms with Crippen molar-refractivity contribution in [1.82, 2.24) is 13.9 Å². The molecular formula is C13H27N3O2S2. The van der Waals surface area contributed by atoms with E-state index in [0.29, 0.717) is 13.1 Å². The zero-order valence-corrected chi connectivity index (χ0v) is 14.2. The predicted octanol–water partition coefficient (Wildman–Crippen LogP) is 1.13. The summed E-state index contributed by atoms with van der Waals surface area (Å²) >= 11 is 1.85. The Morgan fingerprint density at radius 3 is 2.75 bits per heavy atom. The molecule has 2 aliphatic rings. The van der Waals surface area contributed by atoms with Crippen LogP contribution in [0, 0.1) is 0 Å². The lowest BCUT2D eigenvalue weighted by Crippen LogP contribution is -2.57. The molecule has 7 heteroatoms. The van der Waals surface area contributed by atoms with Crippen LogP contribution in [0.3, 0.4) is 0 Å². The Bertz CT molecular complexity index is 402. The number of hydrogen-bond acceptors (Lipinski definition) is 4. The lowest BCUT2D eigenvalue weighted by atomic mass is 10.1. The van der Waals surface area contributed by atoms with Gasteiger partial charge in [0.25, 0.3) is 10.2 Å². The molecule has 2 saturated heterocycles. The summed E-state index contributed by atoms with van der Waals surface area (Å²) in [5.74, 6) is 1.82. The van der Waals surface area contributed by atoms with Gasteiger partial charge in [0, 0.05) is 43.2 Å². The second-order valence-electron chi connectivity index (χ2n) is 5.61. The topological polar surface area (TPSA) is 52.7 Å². The Labute approximate surface area is 127 Å². The second kappa shape index (κ2) is 7.45. The molecule has 2 unspecified atom stereocenters. The van der Waals surface area contributed by atoms with Gasteiger partial charge >= 0.3 is 0 Å². The highest BCUT2D eigenvalue weighted by molar-refractivity contribution is 7.99. The highest BCUT2D eigenvalue weighted by Crippen LogP contribution is 2.26. The smallest absolute Gasteiger partial charge is 0.282 e. The first-order valence-electron chi connectivity index (χ1n) is 7.64. The van der Waals surface area contributed by atoms with Crippen molar-refractivity contribution in [2.45, 2.75) is 45.2 Å². The van der Waals surface area contributed by atoms with E-state index in [0.717, 1.165) is 43.9 Å². The summed E-state index contributed by atoms with van der Waals surface area (Å²) in [5.41, 5.74) is 0. The maximum Gasteiger partial charge on any atom is 0.282 e. The molecule has 2 rings (SSSR count). The lowest BCUT2D eigenvalue weighted by molar-refractivity contribution is 0.220. The van der Waals surface area contributed by atoms with Crippen LogP contribution in [0.1, 0.15) is 33.1 Å². The number of thioether (sulfide) groups is 1. The molecule has 2 aliphatic heterocycles. The van der Waals surface area contributed by atoms with Crippen LogP contribution >= 0.6 is 11.8 Å². The van der Waals surface area contributed by atoms with E-state index in [1.165, 1.54) is 0 Å². The zero-order chi connectivity index (χ0) is 14.6. The van der Waals surface area contributed by atoms with E-state index in [4.69, 9.17) is 0 Å². The highest BCUT2D eigenvalue weighted by atomic mass is 32.2. The maximum atomic E-state index is 12.9. The Kier molecular flexibility index (Phi) is 6.16. The van der Waals surface area contributed by atoms with Crippen LogP contribution in [0.4, 0.5) is 0 Å². The molecule has 118 valence electrons. The van der Waals surface area contributed by atoms with E-state index in [1.807, 2.05) is 18.7 Å². The number of hydrogen-bond donors (Lipinski definition) is 1. The van der Waals surface area contributed by atoms with Gasteiger partial charge in [0.2, 0.25) is 0 Å². The van der Waals surface area contributed by atoms with Crippen molar-refractivity contribution < 1.29 is 8.42 Å². The highest BCUT2D eigenvalue weighted by Gasteiger charge is 2.39. The van der Waals surface area contributed by atoms with E-state index in [9.17, 15) is 8.42 Å². The molecule has 2 heterocycles. The lowest BCUT2D eigenvalue weighted by Gasteiger charge is -2.41. The van der Waals surface area contributed by atoms with Crippen molar-refractivity contribution >= 4 is 22.0 Å². The van der Waals surface area contributed by atoms with E-state index in [1.54, 1.807) is 8.61 Å². The van der Waals surface area contributed by atoms with Gasteiger partial charge in [-0.1, -0.05) is 13.3 Å². The van der Waals surface area contributed by atoms with Crippen molar-refractivity contribution in [3.63, 3.8) is 0 Å². The maximum absolute atomic E-state index is 12.9. The standard InChI is InChI=1S/C13H27N3O2S2/c1-3-14-10-13-6-4-5-7-16(13)20(17,18)15-8-9-19-11-12(15)2/h12-14H,3-11H2,1-2H3. The van der Waals surface area contributed by atoms with Crippen LogP contribution in [0.25, 0.3) is 0 Å². The molecule has 0 radical (unpaired) electrons. The first kappa shape index (κ1) is 16.5. The Hall–Kier alpha value is 0.180. The predicted molar refractivity (Wildman–Crippen MR) is 85.3 cm³/mol. The minimum absolute atomic E-state index is 0.112. The first-order valence-corrected chi connectivity index (χ1v) is 10.2. The number of nitrogens with zero attached hydrogens (tertiary/aromatic N) is 2. The Morgan fingerprint density at radius 1 is 1.25 bits per heavy atom. The van der Waals surface area contributed by atoms with Gasteiger partial charge in [0.05, 0.1) is 0 Å². The first-order chi connectivity index (χ1) is 9.57. The fourth-order valence-electron chi connectivity index (χ4n) is 2.98. The molecule has 0 saturated carbocycles. The van der Waals surface area contributed by atoms with Gasteiger partial charge in [0.1, 0.15) is 0 Å². The van der Waals surface area contributed by atoms with Crippen molar-refractivity contribution in [1.29, 1.82) is 0 Å². The summed E-state index contributed by atoms with van der Waals surface area (Å²) in [4.78, 5) is 0. The van der Waals surface area contributed by atoms with Gasteiger partial charge in [0.15, 0.2) is 0 Å². The van der Waals surface area contributed by atoms with E-state index < -0.39 is 10.2 Å². The third-order valence-electron chi connectivity index (χ3n) is 4.10. The van der Waals surface area contributed by atoms with Crippen LogP contribution in [0.5, 0.6) is 0 Å². The minimum atomic E-state index is -3.30. The van der Waals surface area contributed by atoms with Crippen molar-refractivity contribution in [3.05, 3.63) is 0 Å². The Balaban J connectivity index is 2.12. The van der Waals surface area contributed by atoms with Gasteiger partial charge in [-0.05, 0) is 26.3 Å². The van der Waals surface area contributed by atoms with Crippen molar-refractivity contribution in [3.8, 4) is 0 Å². The number of piperidine rings is 1. The molecular weight excluding hydrogens is 294 g/mol. The molecule has 2 fully saturated rings. The second-order valence-corrected chi connectivity index (χ2v) is 8.59. The van der Waals surface area contributed by atoms with Gasteiger partial charge in [-0.2, -0.15) is 28.8 Å². The molecule has 0 aromatic rings. The molecule has 0 aromatic carbocycles. The van der Waals surface area contributed by atoms with E-state index in [2.05, 4.69) is 12.2 Å². The molecule has 0 spiro atoms. The molecule has 0 aliphatic carbocycles. The Morgan fingerprint density at radius 2 is 2.05 bits per heavy atom. The monoisotopic (exact) mass is 321 g/mol. The summed E-state index contributed by atoms with van der Waals surface area (Å²) < 4.78 is 29.4. The number of rotatable bonds is 5. The molecule has 20 heavy (non-hydrogen) atoms. The third kappa shape index (κ3) is 3.68. The van der Waals surface area contributed by atoms with Crippen LogP contribution in [-0.4, -0.2) is 66.8 Å². The molecule has 0 amide bonds. The average Bonchev–Trinajstić information content (AvgIpc) is 2.45. The molecule has 1 N–H and O–H groups in total. The van der Waals surface area contributed by atoms with Gasteiger partial charge in [-0.25, -0.2) is 0 Å².